The molecule has 2 heterocycles. The molecule has 8 heteroatoms. The molecule has 0 saturated carbocycles. The van der Waals surface area contributed by atoms with Gasteiger partial charge in [0, 0.05) is 19.2 Å². The van der Waals surface area contributed by atoms with Crippen LogP contribution in [0.5, 0.6) is 0 Å². The summed E-state index contributed by atoms with van der Waals surface area (Å²) in [5.41, 5.74) is 5.36. The van der Waals surface area contributed by atoms with E-state index in [2.05, 4.69) is 4.98 Å². The molecule has 2 N–H and O–H groups in total. The number of carbonyl (C=O) groups excluding carboxylic acids is 1. The number of primary amides is 1. The number of anilines is 1. The largest absolute Gasteiger partial charge is 0.378 e. The van der Waals surface area contributed by atoms with Crippen LogP contribution in [0.1, 0.15) is 5.82 Å². The van der Waals surface area contributed by atoms with Gasteiger partial charge in [0.05, 0.1) is 25.3 Å². The SMILES string of the molecule is NC(=O)Cc1nc(N2CCOCC2)cc(=O)n1-c1ccc(F)cc1. The first kappa shape index (κ1) is 16.1. The number of aromatic nitrogens is 2. The fourth-order valence-corrected chi connectivity index (χ4v) is 2.61. The quantitative estimate of drug-likeness (QED) is 0.866. The van der Waals surface area contributed by atoms with Crippen LogP contribution in [0.3, 0.4) is 0 Å². The van der Waals surface area contributed by atoms with Gasteiger partial charge in [0.25, 0.3) is 5.56 Å². The summed E-state index contributed by atoms with van der Waals surface area (Å²) in [6.45, 7) is 2.33. The van der Waals surface area contributed by atoms with Crippen molar-refractivity contribution in [1.82, 2.24) is 9.55 Å². The Kier molecular flexibility index (Phi) is 4.57. The third-order valence-electron chi connectivity index (χ3n) is 3.73. The minimum Gasteiger partial charge on any atom is -0.378 e. The lowest BCUT2D eigenvalue weighted by Crippen LogP contribution is -2.38. The molecule has 1 amide bonds. The number of nitrogens with two attached hydrogens (primary N) is 1. The van der Waals surface area contributed by atoms with Crippen molar-refractivity contribution < 1.29 is 13.9 Å². The summed E-state index contributed by atoms with van der Waals surface area (Å²) in [6.07, 6.45) is -0.190. The summed E-state index contributed by atoms with van der Waals surface area (Å²) in [7, 11) is 0. The van der Waals surface area contributed by atoms with Gasteiger partial charge in [-0.1, -0.05) is 0 Å². The van der Waals surface area contributed by atoms with Crippen molar-refractivity contribution in [3.05, 3.63) is 52.3 Å². The van der Waals surface area contributed by atoms with Gasteiger partial charge in [-0.15, -0.1) is 0 Å². The van der Waals surface area contributed by atoms with E-state index in [9.17, 15) is 14.0 Å². The van der Waals surface area contributed by atoms with Gasteiger partial charge in [0.15, 0.2) is 0 Å². The highest BCUT2D eigenvalue weighted by Gasteiger charge is 2.18. The molecule has 0 bridgehead atoms. The molecule has 1 saturated heterocycles. The molecule has 7 nitrogen and oxygen atoms in total. The maximum Gasteiger partial charge on any atom is 0.260 e. The van der Waals surface area contributed by atoms with Crippen molar-refractivity contribution in [3.8, 4) is 5.69 Å². The van der Waals surface area contributed by atoms with E-state index in [-0.39, 0.29) is 17.8 Å². The third-order valence-corrected chi connectivity index (χ3v) is 3.73. The van der Waals surface area contributed by atoms with Crippen LogP contribution < -0.4 is 16.2 Å². The monoisotopic (exact) mass is 332 g/mol. The smallest absolute Gasteiger partial charge is 0.260 e. The van der Waals surface area contributed by atoms with Crippen molar-refractivity contribution in [2.45, 2.75) is 6.42 Å². The van der Waals surface area contributed by atoms with Crippen LogP contribution >= 0.6 is 0 Å². The summed E-state index contributed by atoms with van der Waals surface area (Å²) in [5.74, 6) is -0.306. The molecule has 24 heavy (non-hydrogen) atoms. The zero-order valence-corrected chi connectivity index (χ0v) is 12.9. The van der Waals surface area contributed by atoms with Crippen LogP contribution in [0.15, 0.2) is 35.1 Å². The lowest BCUT2D eigenvalue weighted by Gasteiger charge is -2.28. The van der Waals surface area contributed by atoms with Gasteiger partial charge in [-0.3, -0.25) is 14.2 Å². The molecular formula is C16H17FN4O3. The molecule has 2 aromatic rings. The fourth-order valence-electron chi connectivity index (χ4n) is 2.61. The number of rotatable bonds is 4. The standard InChI is InChI=1S/C16H17FN4O3/c17-11-1-3-12(4-2-11)21-15(9-13(18)22)19-14(10-16(21)23)20-5-7-24-8-6-20/h1-4,10H,5-9H2,(H2,18,22). The number of hydrogen-bond donors (Lipinski definition) is 1. The van der Waals surface area contributed by atoms with Gasteiger partial charge in [-0.05, 0) is 24.3 Å². The molecule has 126 valence electrons. The molecule has 1 fully saturated rings. The predicted molar refractivity (Wildman–Crippen MR) is 85.7 cm³/mol. The molecule has 1 aromatic carbocycles. The lowest BCUT2D eigenvalue weighted by atomic mass is 10.2. The van der Waals surface area contributed by atoms with Gasteiger partial charge in [0.1, 0.15) is 17.5 Å². The van der Waals surface area contributed by atoms with Gasteiger partial charge in [0.2, 0.25) is 5.91 Å². The molecule has 1 aliphatic heterocycles. The van der Waals surface area contributed by atoms with E-state index >= 15 is 0 Å². The second kappa shape index (κ2) is 6.79. The van der Waals surface area contributed by atoms with Crippen LogP contribution in [-0.4, -0.2) is 41.8 Å². The lowest BCUT2D eigenvalue weighted by molar-refractivity contribution is -0.117. The Bertz CT molecular complexity index is 798. The Morgan fingerprint density at radius 1 is 1.25 bits per heavy atom. The van der Waals surface area contributed by atoms with E-state index < -0.39 is 11.7 Å². The first-order valence-electron chi connectivity index (χ1n) is 7.54. The molecule has 0 atom stereocenters. The Morgan fingerprint density at radius 3 is 2.54 bits per heavy atom. The van der Waals surface area contributed by atoms with Crippen LogP contribution in [0, 0.1) is 5.82 Å². The molecule has 3 rings (SSSR count). The number of benzene rings is 1. The number of halogens is 1. The summed E-state index contributed by atoms with van der Waals surface area (Å²) < 4.78 is 19.7. The average Bonchev–Trinajstić information content (AvgIpc) is 2.56. The molecule has 0 spiro atoms. The normalized spacial score (nSPS) is 14.6. The highest BCUT2D eigenvalue weighted by atomic mass is 19.1. The second-order valence-electron chi connectivity index (χ2n) is 5.42. The second-order valence-corrected chi connectivity index (χ2v) is 5.42. The van der Waals surface area contributed by atoms with Crippen molar-refractivity contribution in [3.63, 3.8) is 0 Å². The zero-order valence-electron chi connectivity index (χ0n) is 12.9. The number of morpholine rings is 1. The van der Waals surface area contributed by atoms with E-state index in [0.29, 0.717) is 37.8 Å². The Hall–Kier alpha value is -2.74. The maximum atomic E-state index is 13.1. The van der Waals surface area contributed by atoms with E-state index in [1.54, 1.807) is 0 Å². The molecule has 0 radical (unpaired) electrons. The van der Waals surface area contributed by atoms with E-state index in [1.807, 2.05) is 4.90 Å². The van der Waals surface area contributed by atoms with Crippen molar-refractivity contribution in [1.29, 1.82) is 0 Å². The zero-order chi connectivity index (χ0) is 17.1. The minimum atomic E-state index is -0.600. The number of hydrogen-bond acceptors (Lipinski definition) is 5. The van der Waals surface area contributed by atoms with Crippen LogP contribution in [0.4, 0.5) is 10.2 Å². The molecule has 1 aromatic heterocycles. The van der Waals surface area contributed by atoms with Gasteiger partial charge in [-0.25, -0.2) is 9.37 Å². The van der Waals surface area contributed by atoms with E-state index in [1.165, 1.54) is 34.9 Å². The van der Waals surface area contributed by atoms with E-state index in [4.69, 9.17) is 10.5 Å². The third kappa shape index (κ3) is 3.43. The van der Waals surface area contributed by atoms with Gasteiger partial charge < -0.3 is 15.4 Å². The Balaban J connectivity index is 2.08. The van der Waals surface area contributed by atoms with E-state index in [0.717, 1.165) is 0 Å². The van der Waals surface area contributed by atoms with Crippen LogP contribution in [0.25, 0.3) is 5.69 Å². The van der Waals surface area contributed by atoms with Crippen molar-refractivity contribution in [2.24, 2.45) is 5.73 Å². The summed E-state index contributed by atoms with van der Waals surface area (Å²) in [6, 6.07) is 6.80. The minimum absolute atomic E-state index is 0.190. The van der Waals surface area contributed by atoms with Crippen molar-refractivity contribution in [2.75, 3.05) is 31.2 Å². The number of amides is 1. The predicted octanol–water partition coefficient (Wildman–Crippen LogP) is 0.236. The number of carbonyl (C=O) groups is 1. The first-order chi connectivity index (χ1) is 11.5. The number of ether oxygens (including phenoxy) is 1. The molecular weight excluding hydrogens is 315 g/mol. The first-order valence-corrected chi connectivity index (χ1v) is 7.54. The topological polar surface area (TPSA) is 90.5 Å². The Morgan fingerprint density at radius 2 is 1.92 bits per heavy atom. The Labute approximate surface area is 137 Å². The number of nitrogens with zero attached hydrogens (tertiary/aromatic N) is 3. The summed E-state index contributed by atoms with van der Waals surface area (Å²) in [5, 5.41) is 0. The molecule has 0 aliphatic carbocycles. The maximum absolute atomic E-state index is 13.1. The summed E-state index contributed by atoms with van der Waals surface area (Å²) >= 11 is 0. The summed E-state index contributed by atoms with van der Waals surface area (Å²) in [4.78, 5) is 30.3. The molecule has 1 aliphatic rings. The van der Waals surface area contributed by atoms with Gasteiger partial charge >= 0.3 is 0 Å². The highest BCUT2D eigenvalue weighted by Crippen LogP contribution is 2.15. The fraction of sp³-hybridized carbons (Fsp3) is 0.312. The van der Waals surface area contributed by atoms with Crippen LogP contribution in [0.2, 0.25) is 0 Å². The average molecular weight is 332 g/mol. The van der Waals surface area contributed by atoms with Crippen molar-refractivity contribution >= 4 is 11.7 Å². The van der Waals surface area contributed by atoms with Crippen LogP contribution in [-0.2, 0) is 16.0 Å². The highest BCUT2D eigenvalue weighted by molar-refractivity contribution is 5.76. The molecule has 0 unspecified atom stereocenters. The van der Waals surface area contributed by atoms with Gasteiger partial charge in [-0.2, -0.15) is 0 Å².